The molecule has 0 unspecified atom stereocenters. The lowest BCUT2D eigenvalue weighted by molar-refractivity contribution is 0.0726. The van der Waals surface area contributed by atoms with Gasteiger partial charge in [-0.25, -0.2) is 0 Å². The van der Waals surface area contributed by atoms with E-state index in [0.29, 0.717) is 0 Å². The lowest BCUT2D eigenvalue weighted by atomic mass is 9.99. The molecule has 4 heteroatoms. The molecule has 134 valence electrons. The Kier molecular flexibility index (Phi) is 4.19. The zero-order valence-electron chi connectivity index (χ0n) is 15.5. The van der Waals surface area contributed by atoms with Gasteiger partial charge in [-0.2, -0.15) is 0 Å². The Morgan fingerprint density at radius 1 is 1.15 bits per heavy atom. The second-order valence-electron chi connectivity index (χ2n) is 7.03. The summed E-state index contributed by atoms with van der Waals surface area (Å²) in [5.74, 6) is 0.907. The van der Waals surface area contributed by atoms with Crippen LogP contribution in [0.2, 0.25) is 0 Å². The number of nitrogens with zero attached hydrogens (tertiary/aromatic N) is 2. The molecule has 0 saturated carbocycles. The summed E-state index contributed by atoms with van der Waals surface area (Å²) in [5, 5.41) is 1.06. The molecule has 4 rings (SSSR count). The van der Waals surface area contributed by atoms with Gasteiger partial charge in [0.15, 0.2) is 0 Å². The summed E-state index contributed by atoms with van der Waals surface area (Å²) < 4.78 is 7.31. The average Bonchev–Trinajstić information content (AvgIpc) is 3.26. The molecule has 2 heterocycles. The predicted molar refractivity (Wildman–Crippen MR) is 104 cm³/mol. The SMILES string of the molecule is COc1ccc2cc(C(=O)N3CCC[C@H]3c3ccccc3C)n(C)c2c1. The monoisotopic (exact) mass is 348 g/mol. The van der Waals surface area contributed by atoms with Gasteiger partial charge >= 0.3 is 0 Å². The van der Waals surface area contributed by atoms with Crippen molar-refractivity contribution in [3.05, 3.63) is 65.4 Å². The molecule has 0 radical (unpaired) electrons. The van der Waals surface area contributed by atoms with E-state index in [4.69, 9.17) is 4.74 Å². The molecule has 1 aliphatic rings. The number of amides is 1. The topological polar surface area (TPSA) is 34.5 Å². The maximum atomic E-state index is 13.4. The van der Waals surface area contributed by atoms with Crippen molar-refractivity contribution in [2.75, 3.05) is 13.7 Å². The van der Waals surface area contributed by atoms with Crippen molar-refractivity contribution in [2.24, 2.45) is 7.05 Å². The summed E-state index contributed by atoms with van der Waals surface area (Å²) in [6.07, 6.45) is 2.07. The van der Waals surface area contributed by atoms with E-state index in [2.05, 4.69) is 31.2 Å². The fourth-order valence-corrected chi connectivity index (χ4v) is 4.08. The van der Waals surface area contributed by atoms with Gasteiger partial charge < -0.3 is 14.2 Å². The van der Waals surface area contributed by atoms with Crippen molar-refractivity contribution < 1.29 is 9.53 Å². The maximum absolute atomic E-state index is 13.4. The standard InChI is InChI=1S/C22H24N2O2/c1-15-7-4-5-8-18(15)19-9-6-12-24(19)22(25)21-13-16-10-11-17(26-3)14-20(16)23(21)2/h4-5,7-8,10-11,13-14,19H,6,9,12H2,1-3H3/t19-/m0/s1. The Balaban J connectivity index is 1.72. The first-order valence-corrected chi connectivity index (χ1v) is 9.10. The number of fused-ring (bicyclic) bond motifs is 1. The summed E-state index contributed by atoms with van der Waals surface area (Å²) in [6.45, 7) is 2.93. The maximum Gasteiger partial charge on any atom is 0.271 e. The van der Waals surface area contributed by atoms with Crippen LogP contribution < -0.4 is 4.74 Å². The van der Waals surface area contributed by atoms with E-state index in [1.807, 2.05) is 40.8 Å². The van der Waals surface area contributed by atoms with Crippen LogP contribution in [-0.2, 0) is 7.05 Å². The fraction of sp³-hybridized carbons (Fsp3) is 0.318. The Hall–Kier alpha value is -2.75. The van der Waals surface area contributed by atoms with Crippen LogP contribution in [0.25, 0.3) is 10.9 Å². The normalized spacial score (nSPS) is 17.0. The van der Waals surface area contributed by atoms with Gasteiger partial charge in [0.05, 0.1) is 18.7 Å². The number of methoxy groups -OCH3 is 1. The van der Waals surface area contributed by atoms with Gasteiger partial charge in [-0.1, -0.05) is 24.3 Å². The fourth-order valence-electron chi connectivity index (χ4n) is 4.08. The molecule has 26 heavy (non-hydrogen) atoms. The van der Waals surface area contributed by atoms with E-state index >= 15 is 0 Å². The second kappa shape index (κ2) is 6.52. The number of carbonyl (C=O) groups is 1. The molecule has 1 aliphatic heterocycles. The minimum atomic E-state index is 0.105. The molecular weight excluding hydrogens is 324 g/mol. The molecule has 3 aromatic rings. The summed E-state index contributed by atoms with van der Waals surface area (Å²) in [4.78, 5) is 15.4. The number of rotatable bonds is 3. The van der Waals surface area contributed by atoms with Crippen molar-refractivity contribution in [1.29, 1.82) is 0 Å². The van der Waals surface area contributed by atoms with Crippen molar-refractivity contribution in [1.82, 2.24) is 9.47 Å². The summed E-state index contributed by atoms with van der Waals surface area (Å²) in [5.41, 5.74) is 4.26. The zero-order chi connectivity index (χ0) is 18.3. The number of ether oxygens (including phenoxy) is 1. The lowest BCUT2D eigenvalue weighted by Gasteiger charge is -2.26. The molecule has 1 aromatic heterocycles. The Morgan fingerprint density at radius 2 is 1.96 bits per heavy atom. The highest BCUT2D eigenvalue weighted by atomic mass is 16.5. The number of aromatic nitrogens is 1. The quantitative estimate of drug-likeness (QED) is 0.700. The molecule has 1 fully saturated rings. The third-order valence-electron chi connectivity index (χ3n) is 5.53. The predicted octanol–water partition coefficient (Wildman–Crippen LogP) is 4.47. The number of carbonyl (C=O) groups excluding carboxylic acids is 1. The van der Waals surface area contributed by atoms with E-state index in [-0.39, 0.29) is 11.9 Å². The molecule has 1 atom stereocenters. The smallest absolute Gasteiger partial charge is 0.271 e. The van der Waals surface area contributed by atoms with Crippen molar-refractivity contribution in [3.63, 3.8) is 0 Å². The first-order chi connectivity index (χ1) is 12.6. The number of aryl methyl sites for hydroxylation is 2. The van der Waals surface area contributed by atoms with Crippen LogP contribution in [0, 0.1) is 6.92 Å². The average molecular weight is 348 g/mol. The first kappa shape index (κ1) is 16.7. The first-order valence-electron chi connectivity index (χ1n) is 9.10. The highest BCUT2D eigenvalue weighted by Gasteiger charge is 2.32. The Morgan fingerprint density at radius 3 is 2.73 bits per heavy atom. The Bertz CT molecular complexity index is 973. The van der Waals surface area contributed by atoms with Crippen LogP contribution in [-0.4, -0.2) is 29.0 Å². The zero-order valence-corrected chi connectivity index (χ0v) is 15.5. The molecule has 0 N–H and O–H groups in total. The van der Waals surface area contributed by atoms with Crippen molar-refractivity contribution in [2.45, 2.75) is 25.8 Å². The molecule has 1 saturated heterocycles. The number of likely N-dealkylation sites (tertiary alicyclic amines) is 1. The summed E-state index contributed by atoms with van der Waals surface area (Å²) in [6, 6.07) is 16.5. The van der Waals surface area contributed by atoms with Crippen LogP contribution >= 0.6 is 0 Å². The van der Waals surface area contributed by atoms with Gasteiger partial charge in [-0.05, 0) is 49.1 Å². The van der Waals surface area contributed by atoms with Gasteiger partial charge in [0.2, 0.25) is 0 Å². The van der Waals surface area contributed by atoms with Crippen LogP contribution in [0.5, 0.6) is 5.75 Å². The van der Waals surface area contributed by atoms with E-state index in [9.17, 15) is 4.79 Å². The highest BCUT2D eigenvalue weighted by Crippen LogP contribution is 2.35. The molecule has 1 amide bonds. The molecule has 0 aliphatic carbocycles. The largest absolute Gasteiger partial charge is 0.497 e. The number of hydrogen-bond acceptors (Lipinski definition) is 2. The highest BCUT2D eigenvalue weighted by molar-refractivity contribution is 5.99. The van der Waals surface area contributed by atoms with Crippen LogP contribution in [0.15, 0.2) is 48.5 Å². The Labute approximate surface area is 154 Å². The van der Waals surface area contributed by atoms with E-state index < -0.39 is 0 Å². The van der Waals surface area contributed by atoms with E-state index in [1.165, 1.54) is 11.1 Å². The molecule has 2 aromatic carbocycles. The van der Waals surface area contributed by atoms with Gasteiger partial charge in [-0.3, -0.25) is 4.79 Å². The van der Waals surface area contributed by atoms with Crippen LogP contribution in [0.4, 0.5) is 0 Å². The number of benzene rings is 2. The van der Waals surface area contributed by atoms with Crippen molar-refractivity contribution in [3.8, 4) is 5.75 Å². The van der Waals surface area contributed by atoms with Crippen LogP contribution in [0.1, 0.15) is 40.5 Å². The minimum absolute atomic E-state index is 0.105. The molecular formula is C22H24N2O2. The third-order valence-corrected chi connectivity index (χ3v) is 5.53. The van der Waals surface area contributed by atoms with Gasteiger partial charge in [0.25, 0.3) is 5.91 Å². The van der Waals surface area contributed by atoms with Gasteiger partial charge in [0, 0.05) is 25.0 Å². The molecule has 0 bridgehead atoms. The summed E-state index contributed by atoms with van der Waals surface area (Å²) >= 11 is 0. The molecule has 4 nitrogen and oxygen atoms in total. The second-order valence-corrected chi connectivity index (χ2v) is 7.03. The third kappa shape index (κ3) is 2.66. The van der Waals surface area contributed by atoms with Gasteiger partial charge in [-0.15, -0.1) is 0 Å². The minimum Gasteiger partial charge on any atom is -0.497 e. The number of hydrogen-bond donors (Lipinski definition) is 0. The summed E-state index contributed by atoms with van der Waals surface area (Å²) in [7, 11) is 3.61. The lowest BCUT2D eigenvalue weighted by Crippen LogP contribution is -2.32. The van der Waals surface area contributed by atoms with Crippen molar-refractivity contribution >= 4 is 16.8 Å². The van der Waals surface area contributed by atoms with E-state index in [0.717, 1.165) is 41.7 Å². The van der Waals surface area contributed by atoms with E-state index in [1.54, 1.807) is 7.11 Å². The van der Waals surface area contributed by atoms with Crippen LogP contribution in [0.3, 0.4) is 0 Å². The van der Waals surface area contributed by atoms with Gasteiger partial charge in [0.1, 0.15) is 11.4 Å². The molecule has 0 spiro atoms.